The standard InChI is InChI=1S/C8H10N2O2S/c9-6-5-13(11,12)8(6)7-3-1-2-4-10-7/h1-4,6,8H,5,9H2. The molecule has 0 spiro atoms. The smallest absolute Gasteiger partial charge is 0.162 e. The van der Waals surface area contributed by atoms with Gasteiger partial charge < -0.3 is 5.73 Å². The molecule has 2 N–H and O–H groups in total. The third-order valence-corrected chi connectivity index (χ3v) is 4.39. The number of hydrogen-bond acceptors (Lipinski definition) is 4. The van der Waals surface area contributed by atoms with E-state index in [1.54, 1.807) is 24.4 Å². The van der Waals surface area contributed by atoms with Gasteiger partial charge in [-0.1, -0.05) is 6.07 Å². The van der Waals surface area contributed by atoms with Gasteiger partial charge in [0.25, 0.3) is 0 Å². The van der Waals surface area contributed by atoms with Gasteiger partial charge in [-0.25, -0.2) is 8.42 Å². The van der Waals surface area contributed by atoms with Gasteiger partial charge in [-0.2, -0.15) is 0 Å². The molecule has 4 nitrogen and oxygen atoms in total. The summed E-state index contributed by atoms with van der Waals surface area (Å²) in [7, 11) is -3.01. The number of pyridine rings is 1. The molecular weight excluding hydrogens is 188 g/mol. The molecule has 1 aliphatic heterocycles. The fraction of sp³-hybridized carbons (Fsp3) is 0.375. The van der Waals surface area contributed by atoms with Gasteiger partial charge in [0.15, 0.2) is 9.84 Å². The molecule has 1 fully saturated rings. The first kappa shape index (κ1) is 8.65. The molecule has 0 radical (unpaired) electrons. The molecule has 70 valence electrons. The lowest BCUT2D eigenvalue weighted by atomic mass is 10.1. The van der Waals surface area contributed by atoms with Crippen molar-refractivity contribution in [2.24, 2.45) is 5.73 Å². The topological polar surface area (TPSA) is 73.1 Å². The molecule has 1 aromatic rings. The molecule has 0 saturated carbocycles. The molecule has 0 aliphatic carbocycles. The fourth-order valence-electron chi connectivity index (χ4n) is 1.55. The Morgan fingerprint density at radius 1 is 1.46 bits per heavy atom. The second-order valence-electron chi connectivity index (χ2n) is 3.17. The zero-order valence-electron chi connectivity index (χ0n) is 6.92. The quantitative estimate of drug-likeness (QED) is 0.682. The van der Waals surface area contributed by atoms with Crippen LogP contribution in [0.25, 0.3) is 0 Å². The summed E-state index contributed by atoms with van der Waals surface area (Å²) in [5.41, 5.74) is 6.17. The van der Waals surface area contributed by atoms with E-state index >= 15 is 0 Å². The van der Waals surface area contributed by atoms with Crippen molar-refractivity contribution in [2.45, 2.75) is 11.3 Å². The van der Waals surface area contributed by atoms with Crippen LogP contribution in [0.2, 0.25) is 0 Å². The first-order chi connectivity index (χ1) is 6.11. The van der Waals surface area contributed by atoms with Crippen molar-refractivity contribution in [1.82, 2.24) is 4.98 Å². The SMILES string of the molecule is NC1CS(=O)(=O)C1c1ccccn1. The number of sulfone groups is 1. The van der Waals surface area contributed by atoms with Gasteiger partial charge in [0.1, 0.15) is 5.25 Å². The van der Waals surface area contributed by atoms with Crippen molar-refractivity contribution in [1.29, 1.82) is 0 Å². The average Bonchev–Trinajstić information content (AvgIpc) is 2.04. The van der Waals surface area contributed by atoms with Crippen LogP contribution >= 0.6 is 0 Å². The molecule has 13 heavy (non-hydrogen) atoms. The van der Waals surface area contributed by atoms with Crippen molar-refractivity contribution in [3.63, 3.8) is 0 Å². The Hall–Kier alpha value is -0.940. The van der Waals surface area contributed by atoms with Crippen molar-refractivity contribution in [2.75, 3.05) is 5.75 Å². The van der Waals surface area contributed by atoms with Crippen molar-refractivity contribution >= 4 is 9.84 Å². The summed E-state index contributed by atoms with van der Waals surface area (Å²) in [6, 6.07) is 4.92. The van der Waals surface area contributed by atoms with Gasteiger partial charge in [0, 0.05) is 12.2 Å². The third kappa shape index (κ3) is 1.34. The molecule has 2 rings (SSSR count). The maximum Gasteiger partial charge on any atom is 0.162 e. The summed E-state index contributed by atoms with van der Waals surface area (Å²) in [5, 5.41) is -0.589. The van der Waals surface area contributed by atoms with Crippen LogP contribution in [0.3, 0.4) is 0 Å². The predicted octanol–water partition coefficient (Wildman–Crippen LogP) is -0.122. The number of rotatable bonds is 1. The van der Waals surface area contributed by atoms with E-state index in [9.17, 15) is 8.42 Å². The molecule has 1 saturated heterocycles. The predicted molar refractivity (Wildman–Crippen MR) is 48.7 cm³/mol. The highest BCUT2D eigenvalue weighted by Crippen LogP contribution is 2.33. The van der Waals surface area contributed by atoms with Gasteiger partial charge >= 0.3 is 0 Å². The second kappa shape index (κ2) is 2.78. The van der Waals surface area contributed by atoms with Crippen molar-refractivity contribution in [3.8, 4) is 0 Å². The summed E-state index contributed by atoms with van der Waals surface area (Å²) in [6.45, 7) is 0. The molecule has 2 unspecified atom stereocenters. The molecule has 5 heteroatoms. The second-order valence-corrected chi connectivity index (χ2v) is 5.34. The highest BCUT2D eigenvalue weighted by molar-refractivity contribution is 7.93. The van der Waals surface area contributed by atoms with Crippen molar-refractivity contribution in [3.05, 3.63) is 30.1 Å². The van der Waals surface area contributed by atoms with E-state index in [1.165, 1.54) is 0 Å². The minimum absolute atomic E-state index is 0.0776. The number of nitrogens with zero attached hydrogens (tertiary/aromatic N) is 1. The molecular formula is C8H10N2O2S. The molecule has 2 atom stereocenters. The van der Waals surface area contributed by atoms with Crippen LogP contribution in [0.1, 0.15) is 10.9 Å². The summed E-state index contributed by atoms with van der Waals surface area (Å²) in [6.07, 6.45) is 1.58. The van der Waals surface area contributed by atoms with E-state index in [0.29, 0.717) is 5.69 Å². The highest BCUT2D eigenvalue weighted by Gasteiger charge is 2.45. The largest absolute Gasteiger partial charge is 0.325 e. The Bertz CT molecular complexity index is 401. The summed E-state index contributed by atoms with van der Waals surface area (Å²) in [4.78, 5) is 3.99. The van der Waals surface area contributed by atoms with E-state index in [-0.39, 0.29) is 11.8 Å². The lowest BCUT2D eigenvalue weighted by molar-refractivity contribution is 0.518. The first-order valence-corrected chi connectivity index (χ1v) is 5.71. The van der Waals surface area contributed by atoms with Crippen LogP contribution in [0.4, 0.5) is 0 Å². The van der Waals surface area contributed by atoms with E-state index in [2.05, 4.69) is 4.98 Å². The first-order valence-electron chi connectivity index (χ1n) is 3.99. The van der Waals surface area contributed by atoms with Gasteiger partial charge in [-0.3, -0.25) is 4.98 Å². The highest BCUT2D eigenvalue weighted by atomic mass is 32.2. The summed E-state index contributed by atoms with van der Waals surface area (Å²) >= 11 is 0. The van der Waals surface area contributed by atoms with E-state index in [4.69, 9.17) is 5.73 Å². The van der Waals surface area contributed by atoms with Crippen molar-refractivity contribution < 1.29 is 8.42 Å². The molecule has 2 heterocycles. The van der Waals surface area contributed by atoms with Crippen LogP contribution in [-0.2, 0) is 9.84 Å². The van der Waals surface area contributed by atoms with E-state index in [1.807, 2.05) is 0 Å². The summed E-state index contributed by atoms with van der Waals surface area (Å²) in [5.74, 6) is 0.0776. The van der Waals surface area contributed by atoms with Crippen LogP contribution in [0.15, 0.2) is 24.4 Å². The maximum absolute atomic E-state index is 11.3. The van der Waals surface area contributed by atoms with Crippen LogP contribution in [0, 0.1) is 0 Å². The van der Waals surface area contributed by atoms with E-state index < -0.39 is 15.1 Å². The number of aromatic nitrogens is 1. The van der Waals surface area contributed by atoms with Crippen LogP contribution < -0.4 is 5.73 Å². The Balaban J connectivity index is 2.38. The maximum atomic E-state index is 11.3. The van der Waals surface area contributed by atoms with Gasteiger partial charge in [-0.05, 0) is 12.1 Å². The minimum atomic E-state index is -3.01. The third-order valence-electron chi connectivity index (χ3n) is 2.18. The lowest BCUT2D eigenvalue weighted by Crippen LogP contribution is -2.50. The molecule has 1 aliphatic rings. The molecule has 0 amide bonds. The monoisotopic (exact) mass is 198 g/mol. The van der Waals surface area contributed by atoms with E-state index in [0.717, 1.165) is 0 Å². The van der Waals surface area contributed by atoms with Gasteiger partial charge in [0.2, 0.25) is 0 Å². The summed E-state index contributed by atoms with van der Waals surface area (Å²) < 4.78 is 22.6. The average molecular weight is 198 g/mol. The number of hydrogen-bond donors (Lipinski definition) is 1. The zero-order chi connectivity index (χ0) is 9.47. The zero-order valence-corrected chi connectivity index (χ0v) is 7.74. The Morgan fingerprint density at radius 3 is 2.69 bits per heavy atom. The van der Waals surface area contributed by atoms with Gasteiger partial charge in [0.05, 0.1) is 11.4 Å². The molecule has 0 aromatic carbocycles. The number of nitrogens with two attached hydrogens (primary N) is 1. The Labute approximate surface area is 76.7 Å². The Kier molecular flexibility index (Phi) is 1.85. The normalized spacial score (nSPS) is 30.8. The molecule has 1 aromatic heterocycles. The Morgan fingerprint density at radius 2 is 2.23 bits per heavy atom. The fourth-order valence-corrected chi connectivity index (χ4v) is 3.27. The lowest BCUT2D eigenvalue weighted by Gasteiger charge is -2.32. The van der Waals surface area contributed by atoms with Gasteiger partial charge in [-0.15, -0.1) is 0 Å². The van der Waals surface area contributed by atoms with Crippen LogP contribution in [0.5, 0.6) is 0 Å². The molecule has 0 bridgehead atoms. The minimum Gasteiger partial charge on any atom is -0.325 e. The van der Waals surface area contributed by atoms with Crippen LogP contribution in [-0.4, -0.2) is 25.2 Å².